The van der Waals surface area contributed by atoms with Crippen molar-refractivity contribution >= 4 is 11.9 Å². The lowest BCUT2D eigenvalue weighted by atomic mass is 10.0. The van der Waals surface area contributed by atoms with Gasteiger partial charge in [-0.05, 0) is 44.9 Å². The molecular formula is C53H103NO5. The SMILES string of the molecule is CCCCCCCCC/C=C\CCCC(CC(=O)NC(CO)C(O)CCCCCCCCCCC)OC(=O)CCCCCCCCCCCCCCCCCCCCC. The van der Waals surface area contributed by atoms with E-state index in [1.807, 2.05) is 0 Å². The van der Waals surface area contributed by atoms with Gasteiger partial charge in [-0.1, -0.05) is 245 Å². The second kappa shape index (κ2) is 47.6. The number of unbranched alkanes of at least 4 members (excludes halogenated alkanes) is 34. The van der Waals surface area contributed by atoms with Crippen molar-refractivity contribution in [1.82, 2.24) is 5.32 Å². The van der Waals surface area contributed by atoms with E-state index in [-0.39, 0.29) is 24.9 Å². The molecule has 0 radical (unpaired) electrons. The Morgan fingerprint density at radius 2 is 0.831 bits per heavy atom. The molecule has 0 saturated heterocycles. The van der Waals surface area contributed by atoms with Crippen molar-refractivity contribution in [2.75, 3.05) is 6.61 Å². The molecule has 0 rings (SSSR count). The highest BCUT2D eigenvalue weighted by molar-refractivity contribution is 5.77. The summed E-state index contributed by atoms with van der Waals surface area (Å²) >= 11 is 0. The van der Waals surface area contributed by atoms with Gasteiger partial charge < -0.3 is 20.3 Å². The monoisotopic (exact) mass is 834 g/mol. The molecule has 0 heterocycles. The molecule has 0 fully saturated rings. The Morgan fingerprint density at radius 3 is 1.24 bits per heavy atom. The summed E-state index contributed by atoms with van der Waals surface area (Å²) in [4.78, 5) is 26.1. The number of hydrogen-bond donors (Lipinski definition) is 3. The van der Waals surface area contributed by atoms with Gasteiger partial charge in [-0.15, -0.1) is 0 Å². The van der Waals surface area contributed by atoms with E-state index in [1.165, 1.54) is 186 Å². The highest BCUT2D eigenvalue weighted by atomic mass is 16.5. The molecule has 0 aliphatic heterocycles. The Hall–Kier alpha value is -1.40. The molecule has 1 amide bonds. The van der Waals surface area contributed by atoms with E-state index >= 15 is 0 Å². The molecule has 59 heavy (non-hydrogen) atoms. The first-order chi connectivity index (χ1) is 29.0. The quantitative estimate of drug-likeness (QED) is 0.0322. The molecule has 0 aromatic carbocycles. The van der Waals surface area contributed by atoms with Crippen LogP contribution in [0.25, 0.3) is 0 Å². The van der Waals surface area contributed by atoms with Crippen molar-refractivity contribution in [3.63, 3.8) is 0 Å². The molecule has 6 nitrogen and oxygen atoms in total. The van der Waals surface area contributed by atoms with Gasteiger partial charge in [0, 0.05) is 6.42 Å². The number of nitrogens with one attached hydrogen (secondary N) is 1. The van der Waals surface area contributed by atoms with Crippen LogP contribution in [0.5, 0.6) is 0 Å². The number of allylic oxidation sites excluding steroid dienone is 2. The Kier molecular flexibility index (Phi) is 46.5. The average Bonchev–Trinajstić information content (AvgIpc) is 3.23. The van der Waals surface area contributed by atoms with Crippen LogP contribution >= 0.6 is 0 Å². The maximum Gasteiger partial charge on any atom is 0.306 e. The van der Waals surface area contributed by atoms with Gasteiger partial charge in [-0.3, -0.25) is 9.59 Å². The van der Waals surface area contributed by atoms with E-state index < -0.39 is 18.2 Å². The normalized spacial score (nSPS) is 13.2. The van der Waals surface area contributed by atoms with Crippen molar-refractivity contribution in [3.05, 3.63) is 12.2 Å². The Balaban J connectivity index is 4.45. The molecule has 3 atom stereocenters. The van der Waals surface area contributed by atoms with E-state index in [4.69, 9.17) is 4.74 Å². The van der Waals surface area contributed by atoms with E-state index in [0.29, 0.717) is 19.3 Å². The average molecular weight is 834 g/mol. The van der Waals surface area contributed by atoms with Crippen LogP contribution < -0.4 is 5.32 Å². The number of esters is 1. The van der Waals surface area contributed by atoms with Crippen LogP contribution in [-0.2, 0) is 14.3 Å². The van der Waals surface area contributed by atoms with Crippen LogP contribution in [-0.4, -0.2) is 46.9 Å². The second-order valence-corrected chi connectivity index (χ2v) is 18.3. The van der Waals surface area contributed by atoms with Crippen LogP contribution in [0.15, 0.2) is 12.2 Å². The molecule has 0 bridgehead atoms. The molecule has 0 spiro atoms. The van der Waals surface area contributed by atoms with Crippen LogP contribution in [0.2, 0.25) is 0 Å². The number of hydrogen-bond acceptors (Lipinski definition) is 5. The van der Waals surface area contributed by atoms with Gasteiger partial charge in [0.05, 0.1) is 25.2 Å². The highest BCUT2D eigenvalue weighted by Gasteiger charge is 2.24. The van der Waals surface area contributed by atoms with Crippen molar-refractivity contribution in [2.24, 2.45) is 0 Å². The molecule has 6 heteroatoms. The van der Waals surface area contributed by atoms with Crippen LogP contribution in [0.4, 0.5) is 0 Å². The van der Waals surface area contributed by atoms with Crippen molar-refractivity contribution in [2.45, 2.75) is 309 Å². The first-order valence-electron chi connectivity index (χ1n) is 26.4. The minimum atomic E-state index is -0.787. The van der Waals surface area contributed by atoms with Gasteiger partial charge in [0.15, 0.2) is 0 Å². The maximum atomic E-state index is 13.2. The number of ether oxygens (including phenoxy) is 1. The molecule has 0 saturated carbocycles. The lowest BCUT2D eigenvalue weighted by Crippen LogP contribution is -2.46. The number of carbonyl (C=O) groups excluding carboxylic acids is 2. The molecule has 0 aromatic heterocycles. The fraction of sp³-hybridized carbons (Fsp3) is 0.925. The van der Waals surface area contributed by atoms with Gasteiger partial charge in [0.1, 0.15) is 6.10 Å². The second-order valence-electron chi connectivity index (χ2n) is 18.3. The smallest absolute Gasteiger partial charge is 0.306 e. The zero-order valence-corrected chi connectivity index (χ0v) is 39.9. The van der Waals surface area contributed by atoms with E-state index in [2.05, 4.69) is 38.2 Å². The predicted molar refractivity (Wildman–Crippen MR) is 255 cm³/mol. The number of amides is 1. The maximum absolute atomic E-state index is 13.2. The zero-order chi connectivity index (χ0) is 43.1. The predicted octanol–water partition coefficient (Wildman–Crippen LogP) is 15.7. The van der Waals surface area contributed by atoms with Crippen LogP contribution in [0.1, 0.15) is 290 Å². The van der Waals surface area contributed by atoms with Gasteiger partial charge in [0.2, 0.25) is 5.91 Å². The minimum absolute atomic E-state index is 0.0634. The summed E-state index contributed by atoms with van der Waals surface area (Å²) in [6.45, 7) is 6.47. The Labute approximate surface area is 368 Å². The highest BCUT2D eigenvalue weighted by Crippen LogP contribution is 2.18. The summed E-state index contributed by atoms with van der Waals surface area (Å²) in [7, 11) is 0. The number of rotatable bonds is 48. The van der Waals surface area contributed by atoms with Gasteiger partial charge in [-0.2, -0.15) is 0 Å². The van der Waals surface area contributed by atoms with Crippen molar-refractivity contribution < 1.29 is 24.5 Å². The molecular weight excluding hydrogens is 731 g/mol. The van der Waals surface area contributed by atoms with Crippen LogP contribution in [0, 0.1) is 0 Å². The largest absolute Gasteiger partial charge is 0.462 e. The fourth-order valence-corrected chi connectivity index (χ4v) is 8.31. The first-order valence-corrected chi connectivity index (χ1v) is 26.4. The number of carbonyl (C=O) groups is 2. The van der Waals surface area contributed by atoms with E-state index in [9.17, 15) is 19.8 Å². The lowest BCUT2D eigenvalue weighted by molar-refractivity contribution is -0.151. The summed E-state index contributed by atoms with van der Waals surface area (Å²) < 4.78 is 5.92. The fourth-order valence-electron chi connectivity index (χ4n) is 8.31. The molecule has 3 unspecified atom stereocenters. The van der Waals surface area contributed by atoms with Gasteiger partial charge in [0.25, 0.3) is 0 Å². The lowest BCUT2D eigenvalue weighted by Gasteiger charge is -2.24. The molecule has 3 N–H and O–H groups in total. The summed E-state index contributed by atoms with van der Waals surface area (Å²) in [6, 6.07) is -0.702. The van der Waals surface area contributed by atoms with E-state index in [1.54, 1.807) is 0 Å². The standard InChI is InChI=1S/C53H103NO5/c1-4-7-10-13-16-19-21-23-24-25-26-27-28-29-31-34-37-40-43-46-53(58)59-49(44-41-38-35-33-30-22-20-17-14-11-8-5-2)47-52(57)54-50(48-55)51(56)45-42-39-36-32-18-15-12-9-6-3/h33,35,49-51,55-56H,4-32,34,36-48H2,1-3H3,(H,54,57)/b35-33-. The molecule has 0 aliphatic rings. The molecule has 350 valence electrons. The molecule has 0 aromatic rings. The Morgan fingerprint density at radius 1 is 0.475 bits per heavy atom. The van der Waals surface area contributed by atoms with Crippen molar-refractivity contribution in [1.29, 1.82) is 0 Å². The van der Waals surface area contributed by atoms with Gasteiger partial charge >= 0.3 is 5.97 Å². The topological polar surface area (TPSA) is 95.9 Å². The number of aliphatic hydroxyl groups is 2. The summed E-state index contributed by atoms with van der Waals surface area (Å²) in [5.41, 5.74) is 0. The van der Waals surface area contributed by atoms with Crippen LogP contribution in [0.3, 0.4) is 0 Å². The molecule has 0 aliphatic carbocycles. The minimum Gasteiger partial charge on any atom is -0.462 e. The summed E-state index contributed by atoms with van der Waals surface area (Å²) in [5, 5.41) is 23.7. The third-order valence-electron chi connectivity index (χ3n) is 12.3. The third-order valence-corrected chi connectivity index (χ3v) is 12.3. The van der Waals surface area contributed by atoms with Crippen molar-refractivity contribution in [3.8, 4) is 0 Å². The summed E-state index contributed by atoms with van der Waals surface area (Å²) in [6.07, 6.45) is 52.9. The van der Waals surface area contributed by atoms with Gasteiger partial charge in [-0.25, -0.2) is 0 Å². The first kappa shape index (κ1) is 57.6. The number of aliphatic hydroxyl groups excluding tert-OH is 2. The third kappa shape index (κ3) is 43.1. The van der Waals surface area contributed by atoms with E-state index in [0.717, 1.165) is 57.8 Å². The Bertz CT molecular complexity index is 893. The zero-order valence-electron chi connectivity index (χ0n) is 39.9. The summed E-state index contributed by atoms with van der Waals surface area (Å²) in [5.74, 6) is -0.487.